The number of hydrogen-bond donors (Lipinski definition) is 0. The number of hydrogen-bond acceptors (Lipinski definition) is 4. The summed E-state index contributed by atoms with van der Waals surface area (Å²) < 4.78 is 6.86. The molecule has 12 aromatic rings. The summed E-state index contributed by atoms with van der Waals surface area (Å²) in [6, 6.07) is 74.6. The van der Waals surface area contributed by atoms with Crippen molar-refractivity contribution in [1.82, 2.24) is 15.0 Å². The largest absolute Gasteiger partial charge is 0.455 e. The third-order valence-corrected chi connectivity index (χ3v) is 12.0. The summed E-state index contributed by atoms with van der Waals surface area (Å²) in [6.45, 7) is 0. The summed E-state index contributed by atoms with van der Waals surface area (Å²) in [4.78, 5) is 15.7. The van der Waals surface area contributed by atoms with Crippen LogP contribution in [0.5, 0.6) is 0 Å². The maximum atomic E-state index is 6.86. The van der Waals surface area contributed by atoms with Gasteiger partial charge < -0.3 is 4.42 Å². The number of rotatable bonds is 6. The fourth-order valence-corrected chi connectivity index (χ4v) is 9.00. The van der Waals surface area contributed by atoms with Crippen LogP contribution in [-0.4, -0.2) is 15.0 Å². The Morgan fingerprint density at radius 2 is 0.820 bits per heavy atom. The predicted octanol–water partition coefficient (Wildman–Crippen LogP) is 15.2. The molecule has 0 spiro atoms. The molecule has 0 bridgehead atoms. The van der Waals surface area contributed by atoms with Crippen LogP contribution in [0.2, 0.25) is 0 Å². The zero-order valence-electron chi connectivity index (χ0n) is 33.0. The molecule has 4 nitrogen and oxygen atoms in total. The van der Waals surface area contributed by atoms with Crippen molar-refractivity contribution in [3.63, 3.8) is 0 Å². The minimum Gasteiger partial charge on any atom is -0.455 e. The highest BCUT2D eigenvalue weighted by Gasteiger charge is 2.21. The SMILES string of the molecule is c1ccc(-c2ccc(-c3nc(-c4ccc5c(ccc6ccccc65)c4)nc(-c4cccc5oc6c(-c7ccc(-c8ccccc8)c8ccccc78)cccc6c45)n3)cc2)cc1. The van der Waals surface area contributed by atoms with E-state index in [1.807, 2.05) is 18.2 Å². The van der Waals surface area contributed by atoms with E-state index in [9.17, 15) is 0 Å². The molecule has 0 N–H and O–H groups in total. The van der Waals surface area contributed by atoms with E-state index in [0.29, 0.717) is 17.5 Å². The molecule has 0 radical (unpaired) electrons. The highest BCUT2D eigenvalue weighted by atomic mass is 16.3. The molecule has 2 aromatic heterocycles. The zero-order valence-corrected chi connectivity index (χ0v) is 33.0. The highest BCUT2D eigenvalue weighted by molar-refractivity contribution is 6.17. The Bertz CT molecular complexity index is 3630. The van der Waals surface area contributed by atoms with Crippen LogP contribution in [0.25, 0.3) is 122 Å². The van der Waals surface area contributed by atoms with E-state index in [1.54, 1.807) is 0 Å². The lowest BCUT2D eigenvalue weighted by Gasteiger charge is -2.12. The van der Waals surface area contributed by atoms with Crippen molar-refractivity contribution in [2.75, 3.05) is 0 Å². The first-order valence-corrected chi connectivity index (χ1v) is 20.6. The van der Waals surface area contributed by atoms with Crippen molar-refractivity contribution in [3.05, 3.63) is 212 Å². The molecule has 2 heterocycles. The molecule has 284 valence electrons. The van der Waals surface area contributed by atoms with E-state index in [1.165, 1.54) is 38.1 Å². The summed E-state index contributed by atoms with van der Waals surface area (Å²) >= 11 is 0. The molecule has 0 atom stereocenters. The van der Waals surface area contributed by atoms with Crippen molar-refractivity contribution in [1.29, 1.82) is 0 Å². The van der Waals surface area contributed by atoms with Gasteiger partial charge in [-0.05, 0) is 72.3 Å². The van der Waals surface area contributed by atoms with Gasteiger partial charge in [-0.25, -0.2) is 15.0 Å². The van der Waals surface area contributed by atoms with E-state index in [-0.39, 0.29) is 0 Å². The maximum Gasteiger partial charge on any atom is 0.164 e. The molecule has 10 aromatic carbocycles. The monoisotopic (exact) mass is 777 g/mol. The molecule has 0 aliphatic carbocycles. The Kier molecular flexibility index (Phi) is 8.13. The van der Waals surface area contributed by atoms with E-state index in [0.717, 1.165) is 66.3 Å². The first kappa shape index (κ1) is 34.8. The van der Waals surface area contributed by atoms with Gasteiger partial charge >= 0.3 is 0 Å². The lowest BCUT2D eigenvalue weighted by atomic mass is 9.91. The van der Waals surface area contributed by atoms with Gasteiger partial charge in [0.2, 0.25) is 0 Å². The predicted molar refractivity (Wildman–Crippen MR) is 252 cm³/mol. The Hall–Kier alpha value is -8.21. The van der Waals surface area contributed by atoms with Gasteiger partial charge in [0, 0.05) is 33.0 Å². The minimum absolute atomic E-state index is 0.585. The second kappa shape index (κ2) is 14.3. The molecule has 61 heavy (non-hydrogen) atoms. The van der Waals surface area contributed by atoms with Crippen LogP contribution in [0, 0.1) is 0 Å². The van der Waals surface area contributed by atoms with Crippen LogP contribution in [0.4, 0.5) is 0 Å². The smallest absolute Gasteiger partial charge is 0.164 e. The van der Waals surface area contributed by atoms with E-state index in [2.05, 4.69) is 194 Å². The maximum absolute atomic E-state index is 6.86. The van der Waals surface area contributed by atoms with Gasteiger partial charge in [0.1, 0.15) is 11.2 Å². The number of fused-ring (bicyclic) bond motifs is 7. The van der Waals surface area contributed by atoms with Crippen LogP contribution < -0.4 is 0 Å². The Balaban J connectivity index is 1.04. The van der Waals surface area contributed by atoms with Crippen molar-refractivity contribution in [2.24, 2.45) is 0 Å². The van der Waals surface area contributed by atoms with E-state index in [4.69, 9.17) is 19.4 Å². The minimum atomic E-state index is 0.585. The van der Waals surface area contributed by atoms with Crippen LogP contribution in [0.1, 0.15) is 0 Å². The third kappa shape index (κ3) is 5.96. The number of para-hydroxylation sites is 1. The Morgan fingerprint density at radius 1 is 0.279 bits per heavy atom. The average molecular weight is 778 g/mol. The molecule has 4 heteroatoms. The molecule has 0 aliphatic rings. The summed E-state index contributed by atoms with van der Waals surface area (Å²) in [7, 11) is 0. The molecule has 0 saturated heterocycles. The summed E-state index contributed by atoms with van der Waals surface area (Å²) in [5, 5.41) is 9.11. The quantitative estimate of drug-likeness (QED) is 0.158. The lowest BCUT2D eigenvalue weighted by molar-refractivity contribution is 0.670. The fraction of sp³-hybridized carbons (Fsp3) is 0. The lowest BCUT2D eigenvalue weighted by Crippen LogP contribution is -2.00. The van der Waals surface area contributed by atoms with Crippen LogP contribution in [0.15, 0.2) is 217 Å². The summed E-state index contributed by atoms with van der Waals surface area (Å²) in [5.41, 5.74) is 11.2. The van der Waals surface area contributed by atoms with E-state index >= 15 is 0 Å². The van der Waals surface area contributed by atoms with Crippen molar-refractivity contribution in [3.8, 4) is 67.5 Å². The van der Waals surface area contributed by atoms with Gasteiger partial charge in [-0.2, -0.15) is 0 Å². The van der Waals surface area contributed by atoms with Gasteiger partial charge in [-0.1, -0.05) is 200 Å². The topological polar surface area (TPSA) is 51.8 Å². The average Bonchev–Trinajstić information content (AvgIpc) is 3.73. The molecule has 0 unspecified atom stereocenters. The number of nitrogens with zero attached hydrogens (tertiary/aromatic N) is 3. The molecule has 0 amide bonds. The van der Waals surface area contributed by atoms with Crippen molar-refractivity contribution >= 4 is 54.3 Å². The molecule has 0 aliphatic heterocycles. The fourth-order valence-electron chi connectivity index (χ4n) is 9.00. The van der Waals surface area contributed by atoms with Crippen molar-refractivity contribution < 1.29 is 4.42 Å². The first-order chi connectivity index (χ1) is 30.2. The molecular weight excluding hydrogens is 743 g/mol. The van der Waals surface area contributed by atoms with Crippen molar-refractivity contribution in [2.45, 2.75) is 0 Å². The highest BCUT2D eigenvalue weighted by Crippen LogP contribution is 2.43. The second-order valence-corrected chi connectivity index (χ2v) is 15.5. The number of furan rings is 1. The van der Waals surface area contributed by atoms with Crippen LogP contribution in [0.3, 0.4) is 0 Å². The van der Waals surface area contributed by atoms with Crippen LogP contribution in [-0.2, 0) is 0 Å². The third-order valence-electron chi connectivity index (χ3n) is 12.0. The summed E-state index contributed by atoms with van der Waals surface area (Å²) in [6.07, 6.45) is 0. The van der Waals surface area contributed by atoms with E-state index < -0.39 is 0 Å². The first-order valence-electron chi connectivity index (χ1n) is 20.6. The van der Waals surface area contributed by atoms with Gasteiger partial charge in [-0.3, -0.25) is 0 Å². The molecule has 0 fully saturated rings. The Morgan fingerprint density at radius 3 is 1.62 bits per heavy atom. The normalized spacial score (nSPS) is 11.6. The number of aromatic nitrogens is 3. The molecule has 0 saturated carbocycles. The van der Waals surface area contributed by atoms with Gasteiger partial charge in [0.25, 0.3) is 0 Å². The van der Waals surface area contributed by atoms with Gasteiger partial charge in [0.05, 0.1) is 0 Å². The summed E-state index contributed by atoms with van der Waals surface area (Å²) in [5.74, 6) is 1.80. The molecule has 12 rings (SSSR count). The second-order valence-electron chi connectivity index (χ2n) is 15.5. The van der Waals surface area contributed by atoms with Gasteiger partial charge in [-0.15, -0.1) is 0 Å². The van der Waals surface area contributed by atoms with Gasteiger partial charge in [0.15, 0.2) is 17.5 Å². The number of benzene rings is 10. The van der Waals surface area contributed by atoms with Crippen LogP contribution >= 0.6 is 0 Å². The standard InChI is InChI=1S/C57H35N3O/c1-3-13-36(14-4-1)37-25-28-40(29-26-37)55-58-56(42-31-32-45-41(35-42)30-27-39-17-7-8-18-43(39)45)60-57(59-55)51-23-12-24-52-53(51)50-22-11-21-49(54(50)61-52)48-34-33-44(38-15-5-2-6-16-38)46-19-9-10-20-47(46)48/h1-35H. The Labute approximate surface area is 352 Å². The zero-order chi connectivity index (χ0) is 40.3. The molecular formula is C57H35N3O.